The number of benzene rings is 5. The SMILES string of the molecule is CCOc1ccc(-c2c3ccccc3c(-c3ccc(OCC)cc3)c3ccccc23)cc1. The van der Waals surface area contributed by atoms with Crippen LogP contribution in [0.2, 0.25) is 0 Å². The van der Waals surface area contributed by atoms with Crippen molar-refractivity contribution < 1.29 is 9.47 Å². The van der Waals surface area contributed by atoms with Crippen LogP contribution in [0.5, 0.6) is 11.5 Å². The van der Waals surface area contributed by atoms with E-state index >= 15 is 0 Å². The highest BCUT2D eigenvalue weighted by atomic mass is 16.5. The molecule has 0 aliphatic carbocycles. The van der Waals surface area contributed by atoms with E-state index in [1.807, 2.05) is 13.8 Å². The predicted molar refractivity (Wildman–Crippen MR) is 135 cm³/mol. The molecular formula is C30H26O2. The van der Waals surface area contributed by atoms with Gasteiger partial charge in [-0.1, -0.05) is 72.8 Å². The van der Waals surface area contributed by atoms with Crippen LogP contribution in [0.4, 0.5) is 0 Å². The molecule has 0 radical (unpaired) electrons. The van der Waals surface area contributed by atoms with Gasteiger partial charge in [0.05, 0.1) is 13.2 Å². The molecule has 5 aromatic rings. The molecule has 0 heterocycles. The van der Waals surface area contributed by atoms with E-state index in [0.717, 1.165) is 11.5 Å². The Balaban J connectivity index is 1.79. The summed E-state index contributed by atoms with van der Waals surface area (Å²) < 4.78 is 11.3. The Morgan fingerprint density at radius 3 is 1.03 bits per heavy atom. The molecule has 0 aliphatic heterocycles. The first-order valence-corrected chi connectivity index (χ1v) is 11.2. The Kier molecular flexibility index (Phi) is 5.51. The number of rotatable bonds is 6. The lowest BCUT2D eigenvalue weighted by atomic mass is 9.86. The highest BCUT2D eigenvalue weighted by molar-refractivity contribution is 6.21. The van der Waals surface area contributed by atoms with Crippen molar-refractivity contribution >= 4 is 21.5 Å². The Bertz CT molecular complexity index is 1200. The molecule has 0 atom stereocenters. The lowest BCUT2D eigenvalue weighted by molar-refractivity contribution is 0.340. The van der Waals surface area contributed by atoms with Gasteiger partial charge in [0.2, 0.25) is 0 Å². The molecule has 0 fully saturated rings. The minimum Gasteiger partial charge on any atom is -0.494 e. The normalized spacial score (nSPS) is 11.1. The summed E-state index contributed by atoms with van der Waals surface area (Å²) in [6.07, 6.45) is 0. The molecule has 0 spiro atoms. The maximum atomic E-state index is 5.67. The van der Waals surface area contributed by atoms with Crippen LogP contribution >= 0.6 is 0 Å². The summed E-state index contributed by atoms with van der Waals surface area (Å²) >= 11 is 0. The van der Waals surface area contributed by atoms with Crippen LogP contribution in [-0.2, 0) is 0 Å². The smallest absolute Gasteiger partial charge is 0.119 e. The summed E-state index contributed by atoms with van der Waals surface area (Å²) in [4.78, 5) is 0. The van der Waals surface area contributed by atoms with Crippen molar-refractivity contribution in [3.63, 3.8) is 0 Å². The van der Waals surface area contributed by atoms with Crippen molar-refractivity contribution in [1.29, 1.82) is 0 Å². The third kappa shape index (κ3) is 3.58. The molecule has 0 unspecified atom stereocenters. The molecule has 0 saturated heterocycles. The van der Waals surface area contributed by atoms with E-state index in [-0.39, 0.29) is 0 Å². The molecule has 0 amide bonds. The summed E-state index contributed by atoms with van der Waals surface area (Å²) in [5.74, 6) is 1.80. The van der Waals surface area contributed by atoms with Crippen molar-refractivity contribution in [2.75, 3.05) is 13.2 Å². The van der Waals surface area contributed by atoms with Gasteiger partial charge >= 0.3 is 0 Å². The fourth-order valence-electron chi connectivity index (χ4n) is 4.52. The molecular weight excluding hydrogens is 392 g/mol. The van der Waals surface area contributed by atoms with Crippen molar-refractivity contribution in [1.82, 2.24) is 0 Å². The van der Waals surface area contributed by atoms with Crippen molar-refractivity contribution in [3.8, 4) is 33.8 Å². The van der Waals surface area contributed by atoms with E-state index in [1.165, 1.54) is 43.8 Å². The van der Waals surface area contributed by atoms with E-state index in [0.29, 0.717) is 13.2 Å². The summed E-state index contributed by atoms with van der Waals surface area (Å²) in [5.41, 5.74) is 4.90. The number of ether oxygens (including phenoxy) is 2. The quantitative estimate of drug-likeness (QED) is 0.259. The van der Waals surface area contributed by atoms with Gasteiger partial charge in [-0.15, -0.1) is 0 Å². The monoisotopic (exact) mass is 418 g/mol. The molecule has 2 heteroatoms. The van der Waals surface area contributed by atoms with Gasteiger partial charge in [0.15, 0.2) is 0 Å². The minimum absolute atomic E-state index is 0.669. The van der Waals surface area contributed by atoms with Crippen molar-refractivity contribution in [3.05, 3.63) is 97.1 Å². The zero-order chi connectivity index (χ0) is 21.9. The van der Waals surface area contributed by atoms with E-state index in [1.54, 1.807) is 0 Å². The van der Waals surface area contributed by atoms with Crippen LogP contribution in [0.3, 0.4) is 0 Å². The molecule has 0 aromatic heterocycles. The van der Waals surface area contributed by atoms with E-state index in [4.69, 9.17) is 9.47 Å². The van der Waals surface area contributed by atoms with E-state index < -0.39 is 0 Å². The van der Waals surface area contributed by atoms with Gasteiger partial charge in [0.25, 0.3) is 0 Å². The molecule has 0 bridgehead atoms. The van der Waals surface area contributed by atoms with Crippen LogP contribution in [0, 0.1) is 0 Å². The van der Waals surface area contributed by atoms with Crippen LogP contribution in [0.15, 0.2) is 97.1 Å². The largest absolute Gasteiger partial charge is 0.494 e. The molecule has 158 valence electrons. The number of fused-ring (bicyclic) bond motifs is 2. The van der Waals surface area contributed by atoms with Gasteiger partial charge in [0.1, 0.15) is 11.5 Å². The van der Waals surface area contributed by atoms with Gasteiger partial charge in [0, 0.05) is 0 Å². The Labute approximate surface area is 189 Å². The molecule has 32 heavy (non-hydrogen) atoms. The second-order valence-electron chi connectivity index (χ2n) is 7.76. The van der Waals surface area contributed by atoms with E-state index in [9.17, 15) is 0 Å². The second kappa shape index (κ2) is 8.76. The van der Waals surface area contributed by atoms with Crippen molar-refractivity contribution in [2.24, 2.45) is 0 Å². The minimum atomic E-state index is 0.669. The van der Waals surface area contributed by atoms with Crippen LogP contribution in [0.25, 0.3) is 43.8 Å². The molecule has 0 saturated carbocycles. The average molecular weight is 419 g/mol. The van der Waals surface area contributed by atoms with Gasteiger partial charge in [-0.05, 0) is 81.9 Å². The lowest BCUT2D eigenvalue weighted by Crippen LogP contribution is -1.93. The predicted octanol–water partition coefficient (Wildman–Crippen LogP) is 8.12. The number of hydrogen-bond acceptors (Lipinski definition) is 2. The summed E-state index contributed by atoms with van der Waals surface area (Å²) in [5, 5.41) is 5.00. The van der Waals surface area contributed by atoms with Crippen LogP contribution in [0.1, 0.15) is 13.8 Å². The molecule has 5 rings (SSSR count). The third-order valence-electron chi connectivity index (χ3n) is 5.84. The van der Waals surface area contributed by atoms with Gasteiger partial charge in [-0.2, -0.15) is 0 Å². The number of hydrogen-bond donors (Lipinski definition) is 0. The zero-order valence-corrected chi connectivity index (χ0v) is 18.5. The van der Waals surface area contributed by atoms with E-state index in [2.05, 4.69) is 97.1 Å². The maximum Gasteiger partial charge on any atom is 0.119 e. The standard InChI is InChI=1S/C30H26O2/c1-3-31-23-17-13-21(14-18-23)29-25-9-5-7-11-27(25)30(28-12-8-6-10-26(28)29)22-15-19-24(20-16-22)32-4-2/h5-20H,3-4H2,1-2H3. The van der Waals surface area contributed by atoms with Crippen LogP contribution < -0.4 is 9.47 Å². The first kappa shape index (κ1) is 20.1. The molecule has 0 aliphatic rings. The second-order valence-corrected chi connectivity index (χ2v) is 7.76. The summed E-state index contributed by atoms with van der Waals surface area (Å²) in [6.45, 7) is 5.35. The molecule has 0 N–H and O–H groups in total. The first-order valence-electron chi connectivity index (χ1n) is 11.2. The Morgan fingerprint density at radius 2 is 0.750 bits per heavy atom. The zero-order valence-electron chi connectivity index (χ0n) is 18.5. The van der Waals surface area contributed by atoms with Gasteiger partial charge in [-0.3, -0.25) is 0 Å². The highest BCUT2D eigenvalue weighted by Crippen LogP contribution is 2.43. The third-order valence-corrected chi connectivity index (χ3v) is 5.84. The van der Waals surface area contributed by atoms with Gasteiger partial charge < -0.3 is 9.47 Å². The topological polar surface area (TPSA) is 18.5 Å². The molecule has 5 aromatic carbocycles. The summed E-state index contributed by atoms with van der Waals surface area (Å²) in [7, 11) is 0. The maximum absolute atomic E-state index is 5.67. The Morgan fingerprint density at radius 1 is 0.438 bits per heavy atom. The highest BCUT2D eigenvalue weighted by Gasteiger charge is 2.16. The molecule has 2 nitrogen and oxygen atoms in total. The summed E-state index contributed by atoms with van der Waals surface area (Å²) in [6, 6.07) is 34.3. The lowest BCUT2D eigenvalue weighted by Gasteiger charge is -2.18. The van der Waals surface area contributed by atoms with Gasteiger partial charge in [-0.25, -0.2) is 0 Å². The fourth-order valence-corrected chi connectivity index (χ4v) is 4.52. The Hall–Kier alpha value is -3.78. The fraction of sp³-hybridized carbons (Fsp3) is 0.133. The van der Waals surface area contributed by atoms with Crippen molar-refractivity contribution in [2.45, 2.75) is 13.8 Å². The van der Waals surface area contributed by atoms with Crippen LogP contribution in [-0.4, -0.2) is 13.2 Å². The average Bonchev–Trinajstić information content (AvgIpc) is 2.84. The first-order chi connectivity index (χ1) is 15.8.